The van der Waals surface area contributed by atoms with E-state index in [1.165, 1.54) is 0 Å². The van der Waals surface area contributed by atoms with Crippen LogP contribution < -0.4 is 10.0 Å². The van der Waals surface area contributed by atoms with Crippen LogP contribution >= 0.6 is 0 Å². The van der Waals surface area contributed by atoms with Gasteiger partial charge in [0.1, 0.15) is 5.82 Å². The molecule has 0 spiro atoms. The van der Waals surface area contributed by atoms with E-state index in [4.69, 9.17) is 0 Å². The van der Waals surface area contributed by atoms with E-state index in [9.17, 15) is 8.42 Å². The molecule has 0 aliphatic carbocycles. The molecule has 0 saturated carbocycles. The SMILES string of the molecule is Cc1cnnc(NCC(C)(C)NS(C)(=O)=O)c1. The summed E-state index contributed by atoms with van der Waals surface area (Å²) in [5.74, 6) is 0.633. The highest BCUT2D eigenvalue weighted by molar-refractivity contribution is 7.88. The molecule has 96 valence electrons. The second-order valence-corrected chi connectivity index (χ2v) is 6.48. The van der Waals surface area contributed by atoms with Crippen molar-refractivity contribution in [3.63, 3.8) is 0 Å². The first-order chi connectivity index (χ1) is 7.68. The molecule has 1 rings (SSSR count). The number of nitrogens with zero attached hydrogens (tertiary/aromatic N) is 2. The summed E-state index contributed by atoms with van der Waals surface area (Å²) < 4.78 is 24.8. The summed E-state index contributed by atoms with van der Waals surface area (Å²) in [6.45, 7) is 5.94. The lowest BCUT2D eigenvalue weighted by Crippen LogP contribution is -2.47. The molecule has 17 heavy (non-hydrogen) atoms. The zero-order chi connectivity index (χ0) is 13.1. The van der Waals surface area contributed by atoms with E-state index in [2.05, 4.69) is 20.2 Å². The van der Waals surface area contributed by atoms with Gasteiger partial charge in [-0.25, -0.2) is 13.1 Å². The Morgan fingerprint density at radius 1 is 1.41 bits per heavy atom. The minimum Gasteiger partial charge on any atom is -0.367 e. The third kappa shape index (κ3) is 5.60. The summed E-state index contributed by atoms with van der Waals surface area (Å²) in [5.41, 5.74) is 0.412. The molecule has 0 aliphatic heterocycles. The Hall–Kier alpha value is -1.21. The summed E-state index contributed by atoms with van der Waals surface area (Å²) in [4.78, 5) is 0. The summed E-state index contributed by atoms with van der Waals surface area (Å²) in [5, 5.41) is 10.8. The van der Waals surface area contributed by atoms with E-state index in [-0.39, 0.29) is 0 Å². The number of sulfonamides is 1. The Kier molecular flexibility index (Phi) is 4.05. The van der Waals surface area contributed by atoms with Crippen molar-refractivity contribution in [3.8, 4) is 0 Å². The molecule has 0 bridgehead atoms. The van der Waals surface area contributed by atoms with Gasteiger partial charge in [-0.1, -0.05) is 0 Å². The molecule has 0 fully saturated rings. The molecule has 0 atom stereocenters. The van der Waals surface area contributed by atoms with Crippen molar-refractivity contribution in [2.75, 3.05) is 18.1 Å². The molecular formula is C10H18N4O2S. The van der Waals surface area contributed by atoms with Crippen molar-refractivity contribution < 1.29 is 8.42 Å². The van der Waals surface area contributed by atoms with Crippen molar-refractivity contribution in [1.82, 2.24) is 14.9 Å². The monoisotopic (exact) mass is 258 g/mol. The van der Waals surface area contributed by atoms with Crippen LogP contribution in [0.3, 0.4) is 0 Å². The third-order valence-corrected chi connectivity index (χ3v) is 2.89. The summed E-state index contributed by atoms with van der Waals surface area (Å²) >= 11 is 0. The lowest BCUT2D eigenvalue weighted by atomic mass is 10.1. The Morgan fingerprint density at radius 2 is 2.06 bits per heavy atom. The topological polar surface area (TPSA) is 84.0 Å². The van der Waals surface area contributed by atoms with Crippen LogP contribution in [-0.4, -0.2) is 37.0 Å². The standard InChI is InChI=1S/C10H18N4O2S/c1-8-5-9(13-12-6-8)11-7-10(2,3)14-17(4,15)16/h5-6,14H,7H2,1-4H3,(H,11,13). The smallest absolute Gasteiger partial charge is 0.209 e. The molecule has 0 amide bonds. The number of anilines is 1. The first kappa shape index (κ1) is 13.9. The van der Waals surface area contributed by atoms with E-state index in [0.717, 1.165) is 11.8 Å². The average molecular weight is 258 g/mol. The number of hydrogen-bond donors (Lipinski definition) is 2. The van der Waals surface area contributed by atoms with Crippen molar-refractivity contribution in [2.45, 2.75) is 26.3 Å². The number of aromatic nitrogens is 2. The molecule has 2 N–H and O–H groups in total. The second kappa shape index (κ2) is 4.97. The van der Waals surface area contributed by atoms with Gasteiger partial charge in [-0.3, -0.25) is 0 Å². The molecule has 1 aromatic heterocycles. The normalized spacial score (nSPS) is 12.5. The number of rotatable bonds is 5. The van der Waals surface area contributed by atoms with Crippen molar-refractivity contribution in [2.24, 2.45) is 0 Å². The average Bonchev–Trinajstić information content (AvgIpc) is 2.11. The summed E-state index contributed by atoms with van der Waals surface area (Å²) in [7, 11) is -3.22. The van der Waals surface area contributed by atoms with Crippen LogP contribution in [0.15, 0.2) is 12.3 Å². The predicted octanol–water partition coefficient (Wildman–Crippen LogP) is 0.525. The molecule has 6 nitrogen and oxygen atoms in total. The van der Waals surface area contributed by atoms with Crippen LogP contribution in [0, 0.1) is 6.92 Å². The molecule has 0 radical (unpaired) electrons. The molecule has 0 aromatic carbocycles. The molecule has 0 unspecified atom stereocenters. The van der Waals surface area contributed by atoms with Crippen LogP contribution in [0.2, 0.25) is 0 Å². The Balaban J connectivity index is 2.61. The molecule has 1 aromatic rings. The van der Waals surface area contributed by atoms with Gasteiger partial charge in [0, 0.05) is 12.1 Å². The van der Waals surface area contributed by atoms with E-state index in [1.807, 2.05) is 13.0 Å². The van der Waals surface area contributed by atoms with Gasteiger partial charge in [0.15, 0.2) is 0 Å². The van der Waals surface area contributed by atoms with Gasteiger partial charge in [0.25, 0.3) is 0 Å². The number of nitrogens with one attached hydrogen (secondary N) is 2. The van der Waals surface area contributed by atoms with Gasteiger partial charge in [-0.05, 0) is 32.4 Å². The van der Waals surface area contributed by atoms with E-state index >= 15 is 0 Å². The fourth-order valence-electron chi connectivity index (χ4n) is 1.40. The summed E-state index contributed by atoms with van der Waals surface area (Å²) in [6.07, 6.45) is 2.80. The maximum atomic E-state index is 11.1. The van der Waals surface area contributed by atoms with Crippen LogP contribution in [0.4, 0.5) is 5.82 Å². The Bertz CT molecular complexity index is 485. The Morgan fingerprint density at radius 3 is 2.59 bits per heavy atom. The second-order valence-electron chi connectivity index (χ2n) is 4.73. The van der Waals surface area contributed by atoms with Gasteiger partial charge in [-0.15, -0.1) is 5.10 Å². The first-order valence-corrected chi connectivity index (χ1v) is 7.09. The number of aryl methyl sites for hydroxylation is 1. The Labute approximate surface area is 102 Å². The minimum absolute atomic E-state index is 0.429. The van der Waals surface area contributed by atoms with E-state index in [1.54, 1.807) is 20.0 Å². The zero-order valence-electron chi connectivity index (χ0n) is 10.5. The van der Waals surface area contributed by atoms with Crippen LogP contribution in [0.1, 0.15) is 19.4 Å². The summed E-state index contributed by atoms with van der Waals surface area (Å²) in [6, 6.07) is 1.85. The van der Waals surface area contributed by atoms with E-state index < -0.39 is 15.6 Å². The van der Waals surface area contributed by atoms with Gasteiger partial charge >= 0.3 is 0 Å². The minimum atomic E-state index is -3.22. The highest BCUT2D eigenvalue weighted by Gasteiger charge is 2.21. The van der Waals surface area contributed by atoms with Crippen molar-refractivity contribution in [3.05, 3.63) is 17.8 Å². The van der Waals surface area contributed by atoms with Crippen LogP contribution in [0.25, 0.3) is 0 Å². The highest BCUT2D eigenvalue weighted by atomic mass is 32.2. The lowest BCUT2D eigenvalue weighted by Gasteiger charge is -2.25. The molecule has 0 saturated heterocycles. The highest BCUT2D eigenvalue weighted by Crippen LogP contribution is 2.08. The maximum absolute atomic E-state index is 11.1. The molecular weight excluding hydrogens is 240 g/mol. The quantitative estimate of drug-likeness (QED) is 0.804. The third-order valence-electron chi connectivity index (χ3n) is 1.96. The van der Waals surface area contributed by atoms with Crippen LogP contribution in [-0.2, 0) is 10.0 Å². The van der Waals surface area contributed by atoms with E-state index in [0.29, 0.717) is 12.4 Å². The fourth-order valence-corrected chi connectivity index (χ4v) is 2.48. The largest absolute Gasteiger partial charge is 0.367 e. The van der Waals surface area contributed by atoms with Crippen molar-refractivity contribution >= 4 is 15.8 Å². The molecule has 1 heterocycles. The molecule has 0 aliphatic rings. The van der Waals surface area contributed by atoms with Gasteiger partial charge in [0.05, 0.1) is 12.5 Å². The predicted molar refractivity (Wildman–Crippen MR) is 67.3 cm³/mol. The maximum Gasteiger partial charge on any atom is 0.209 e. The van der Waals surface area contributed by atoms with Crippen LogP contribution in [0.5, 0.6) is 0 Å². The molecule has 7 heteroatoms. The van der Waals surface area contributed by atoms with Gasteiger partial charge < -0.3 is 5.32 Å². The zero-order valence-corrected chi connectivity index (χ0v) is 11.3. The fraction of sp³-hybridized carbons (Fsp3) is 0.600. The lowest BCUT2D eigenvalue weighted by molar-refractivity contribution is 0.475. The number of hydrogen-bond acceptors (Lipinski definition) is 5. The first-order valence-electron chi connectivity index (χ1n) is 5.20. The van der Waals surface area contributed by atoms with Gasteiger partial charge in [0.2, 0.25) is 10.0 Å². The van der Waals surface area contributed by atoms with Gasteiger partial charge in [-0.2, -0.15) is 5.10 Å². The van der Waals surface area contributed by atoms with Crippen molar-refractivity contribution in [1.29, 1.82) is 0 Å².